The standard InChI is InChI=1S/C15H24O2/c1-11-7-6-9-15(2,3)13(11)14(16)12-8-4-5-10-17-12/h8,14,16H,4-7,9-10H2,1-3H3. The number of hydrogen-bond donors (Lipinski definition) is 1. The van der Waals surface area contributed by atoms with Crippen molar-refractivity contribution in [1.29, 1.82) is 0 Å². The molecule has 96 valence electrons. The van der Waals surface area contributed by atoms with Crippen LogP contribution in [0.5, 0.6) is 0 Å². The summed E-state index contributed by atoms with van der Waals surface area (Å²) in [5.41, 5.74) is 2.64. The first-order valence-corrected chi connectivity index (χ1v) is 6.73. The lowest BCUT2D eigenvalue weighted by atomic mass is 9.70. The van der Waals surface area contributed by atoms with Crippen molar-refractivity contribution in [3.63, 3.8) is 0 Å². The molecule has 0 amide bonds. The van der Waals surface area contributed by atoms with Gasteiger partial charge in [0.1, 0.15) is 11.9 Å². The molecule has 0 aromatic carbocycles. The summed E-state index contributed by atoms with van der Waals surface area (Å²) in [6.45, 7) is 7.37. The highest BCUT2D eigenvalue weighted by Crippen LogP contribution is 2.43. The summed E-state index contributed by atoms with van der Waals surface area (Å²) in [4.78, 5) is 0. The smallest absolute Gasteiger partial charge is 0.132 e. The minimum absolute atomic E-state index is 0.101. The highest BCUT2D eigenvalue weighted by atomic mass is 16.5. The number of aliphatic hydroxyl groups excluding tert-OH is 1. The van der Waals surface area contributed by atoms with Gasteiger partial charge in [0.25, 0.3) is 0 Å². The molecule has 0 spiro atoms. The first-order chi connectivity index (χ1) is 8.02. The van der Waals surface area contributed by atoms with E-state index < -0.39 is 6.10 Å². The molecule has 0 radical (unpaired) electrons. The van der Waals surface area contributed by atoms with Crippen LogP contribution in [-0.2, 0) is 4.74 Å². The molecule has 0 aromatic rings. The molecule has 1 aliphatic heterocycles. The minimum atomic E-state index is -0.523. The topological polar surface area (TPSA) is 29.5 Å². The average molecular weight is 236 g/mol. The van der Waals surface area contributed by atoms with Crippen molar-refractivity contribution < 1.29 is 9.84 Å². The molecule has 2 rings (SSSR count). The van der Waals surface area contributed by atoms with Crippen LogP contribution in [0.4, 0.5) is 0 Å². The molecule has 1 atom stereocenters. The third-order valence-electron chi connectivity index (χ3n) is 4.05. The second-order valence-corrected chi connectivity index (χ2v) is 5.93. The fraction of sp³-hybridized carbons (Fsp3) is 0.733. The van der Waals surface area contributed by atoms with Gasteiger partial charge in [-0.05, 0) is 56.1 Å². The van der Waals surface area contributed by atoms with Crippen LogP contribution < -0.4 is 0 Å². The number of hydrogen-bond acceptors (Lipinski definition) is 2. The van der Waals surface area contributed by atoms with E-state index in [0.29, 0.717) is 0 Å². The molecule has 0 aromatic heterocycles. The summed E-state index contributed by atoms with van der Waals surface area (Å²) < 4.78 is 5.61. The highest BCUT2D eigenvalue weighted by molar-refractivity contribution is 5.31. The summed E-state index contributed by atoms with van der Waals surface area (Å²) in [5.74, 6) is 0.778. The monoisotopic (exact) mass is 236 g/mol. The Morgan fingerprint density at radius 1 is 1.35 bits per heavy atom. The van der Waals surface area contributed by atoms with Crippen molar-refractivity contribution in [1.82, 2.24) is 0 Å². The Hall–Kier alpha value is -0.760. The van der Waals surface area contributed by atoms with E-state index in [4.69, 9.17) is 4.74 Å². The Morgan fingerprint density at radius 3 is 2.71 bits per heavy atom. The number of aliphatic hydroxyl groups is 1. The van der Waals surface area contributed by atoms with E-state index >= 15 is 0 Å². The Kier molecular flexibility index (Phi) is 3.62. The van der Waals surface area contributed by atoms with E-state index in [1.807, 2.05) is 0 Å². The Morgan fingerprint density at radius 2 is 2.12 bits per heavy atom. The van der Waals surface area contributed by atoms with Gasteiger partial charge in [-0.25, -0.2) is 0 Å². The van der Waals surface area contributed by atoms with Gasteiger partial charge in [-0.1, -0.05) is 19.4 Å². The maximum absolute atomic E-state index is 10.6. The lowest BCUT2D eigenvalue weighted by Gasteiger charge is -2.38. The van der Waals surface area contributed by atoms with Crippen molar-refractivity contribution in [2.75, 3.05) is 6.61 Å². The Balaban J connectivity index is 2.27. The molecule has 1 heterocycles. The van der Waals surface area contributed by atoms with Gasteiger partial charge in [0.05, 0.1) is 6.61 Å². The maximum Gasteiger partial charge on any atom is 0.132 e. The maximum atomic E-state index is 10.6. The Bertz CT molecular complexity index is 350. The molecular formula is C15H24O2. The second-order valence-electron chi connectivity index (χ2n) is 5.93. The molecule has 17 heavy (non-hydrogen) atoms. The zero-order valence-corrected chi connectivity index (χ0v) is 11.3. The summed E-state index contributed by atoms with van der Waals surface area (Å²) >= 11 is 0. The van der Waals surface area contributed by atoms with Gasteiger partial charge in [-0.15, -0.1) is 0 Å². The van der Waals surface area contributed by atoms with Crippen LogP contribution in [0.15, 0.2) is 23.0 Å². The molecule has 1 unspecified atom stereocenters. The van der Waals surface area contributed by atoms with Crippen molar-refractivity contribution >= 4 is 0 Å². The molecule has 1 aliphatic carbocycles. The molecule has 0 saturated heterocycles. The minimum Gasteiger partial charge on any atom is -0.495 e. The number of ether oxygens (including phenoxy) is 1. The van der Waals surface area contributed by atoms with Crippen LogP contribution in [0, 0.1) is 5.41 Å². The van der Waals surface area contributed by atoms with E-state index in [-0.39, 0.29) is 5.41 Å². The first-order valence-electron chi connectivity index (χ1n) is 6.73. The van der Waals surface area contributed by atoms with Gasteiger partial charge >= 0.3 is 0 Å². The van der Waals surface area contributed by atoms with Crippen LogP contribution in [-0.4, -0.2) is 17.8 Å². The molecule has 2 aliphatic rings. The summed E-state index contributed by atoms with van der Waals surface area (Å²) in [6.07, 6.45) is 7.13. The van der Waals surface area contributed by atoms with E-state index in [0.717, 1.165) is 38.0 Å². The molecule has 1 N–H and O–H groups in total. The Labute approximate surface area is 104 Å². The lowest BCUT2D eigenvalue weighted by Crippen LogP contribution is -2.31. The van der Waals surface area contributed by atoms with Crippen LogP contribution in [0.25, 0.3) is 0 Å². The summed E-state index contributed by atoms with van der Waals surface area (Å²) in [6, 6.07) is 0. The van der Waals surface area contributed by atoms with E-state index in [9.17, 15) is 5.11 Å². The molecule has 0 fully saturated rings. The summed E-state index contributed by atoms with van der Waals surface area (Å²) in [5, 5.41) is 10.6. The number of allylic oxidation sites excluding steroid dienone is 2. The van der Waals surface area contributed by atoms with Crippen molar-refractivity contribution in [2.45, 2.75) is 59.0 Å². The second kappa shape index (κ2) is 4.85. The molecule has 0 bridgehead atoms. The van der Waals surface area contributed by atoms with Crippen LogP contribution in [0.2, 0.25) is 0 Å². The van der Waals surface area contributed by atoms with Crippen LogP contribution in [0.1, 0.15) is 52.9 Å². The predicted molar refractivity (Wildman–Crippen MR) is 69.6 cm³/mol. The van der Waals surface area contributed by atoms with Crippen molar-refractivity contribution in [3.05, 3.63) is 23.0 Å². The largest absolute Gasteiger partial charge is 0.495 e. The number of rotatable bonds is 2. The fourth-order valence-corrected chi connectivity index (χ4v) is 3.16. The van der Waals surface area contributed by atoms with Gasteiger partial charge in [0, 0.05) is 0 Å². The molecule has 0 saturated carbocycles. The average Bonchev–Trinajstić information content (AvgIpc) is 2.28. The zero-order valence-electron chi connectivity index (χ0n) is 11.3. The van der Waals surface area contributed by atoms with Crippen molar-refractivity contribution in [2.24, 2.45) is 5.41 Å². The van der Waals surface area contributed by atoms with Gasteiger partial charge < -0.3 is 9.84 Å². The van der Waals surface area contributed by atoms with Gasteiger partial charge in [-0.2, -0.15) is 0 Å². The SMILES string of the molecule is CC1=C(C(O)C2=CCCCO2)C(C)(C)CCC1. The molecule has 2 heteroatoms. The van der Waals surface area contributed by atoms with E-state index in [2.05, 4.69) is 26.8 Å². The third-order valence-corrected chi connectivity index (χ3v) is 4.05. The van der Waals surface area contributed by atoms with E-state index in [1.54, 1.807) is 0 Å². The lowest BCUT2D eigenvalue weighted by molar-refractivity contribution is 0.0943. The van der Waals surface area contributed by atoms with Crippen LogP contribution in [0.3, 0.4) is 0 Å². The first kappa shape index (κ1) is 12.7. The van der Waals surface area contributed by atoms with Gasteiger partial charge in [-0.3, -0.25) is 0 Å². The molecule has 2 nitrogen and oxygen atoms in total. The predicted octanol–water partition coefficient (Wildman–Crippen LogP) is 3.57. The highest BCUT2D eigenvalue weighted by Gasteiger charge is 2.35. The van der Waals surface area contributed by atoms with Gasteiger partial charge in [0.2, 0.25) is 0 Å². The molecular weight excluding hydrogens is 212 g/mol. The quantitative estimate of drug-likeness (QED) is 0.743. The fourth-order valence-electron chi connectivity index (χ4n) is 3.16. The van der Waals surface area contributed by atoms with Crippen molar-refractivity contribution in [3.8, 4) is 0 Å². The normalized spacial score (nSPS) is 26.2. The summed E-state index contributed by atoms with van der Waals surface area (Å²) in [7, 11) is 0. The van der Waals surface area contributed by atoms with Crippen LogP contribution >= 0.6 is 0 Å². The van der Waals surface area contributed by atoms with E-state index in [1.165, 1.54) is 17.6 Å². The van der Waals surface area contributed by atoms with Gasteiger partial charge in [0.15, 0.2) is 0 Å². The zero-order chi connectivity index (χ0) is 12.5. The third kappa shape index (κ3) is 2.57.